The highest BCUT2D eigenvalue weighted by Gasteiger charge is 2.27. The summed E-state index contributed by atoms with van der Waals surface area (Å²) in [5.41, 5.74) is 0.948. The summed E-state index contributed by atoms with van der Waals surface area (Å²) < 4.78 is 37.4. The molecule has 0 unspecified atom stereocenters. The van der Waals surface area contributed by atoms with E-state index in [-0.39, 0.29) is 22.1 Å². The lowest BCUT2D eigenvalue weighted by Gasteiger charge is -2.28. The highest BCUT2D eigenvalue weighted by Crippen LogP contribution is 2.33. The summed E-state index contributed by atoms with van der Waals surface area (Å²) in [7, 11) is -3.57. The van der Waals surface area contributed by atoms with Gasteiger partial charge in [0.2, 0.25) is 0 Å². The molecule has 0 saturated carbocycles. The van der Waals surface area contributed by atoms with Crippen LogP contribution in [-0.4, -0.2) is 76.0 Å². The molecule has 188 valence electrons. The summed E-state index contributed by atoms with van der Waals surface area (Å²) in [4.78, 5) is 22.5. The largest absolute Gasteiger partial charge is 0.494 e. The third kappa shape index (κ3) is 6.00. The van der Waals surface area contributed by atoms with Crippen molar-refractivity contribution in [2.45, 2.75) is 25.2 Å². The van der Waals surface area contributed by atoms with Gasteiger partial charge < -0.3 is 9.47 Å². The monoisotopic (exact) mass is 517 g/mol. The van der Waals surface area contributed by atoms with Crippen molar-refractivity contribution in [3.63, 3.8) is 0 Å². The van der Waals surface area contributed by atoms with Gasteiger partial charge in [-0.3, -0.25) is 14.6 Å². The Balaban J connectivity index is 1.66. The van der Waals surface area contributed by atoms with Crippen LogP contribution < -0.4 is 9.64 Å². The minimum Gasteiger partial charge on any atom is -0.494 e. The number of benzene rings is 2. The van der Waals surface area contributed by atoms with Crippen LogP contribution in [0.1, 0.15) is 30.6 Å². The molecule has 0 radical (unpaired) electrons. The van der Waals surface area contributed by atoms with Crippen molar-refractivity contribution in [3.05, 3.63) is 48.0 Å². The normalized spacial score (nSPS) is 14.8. The average Bonchev–Trinajstić information content (AvgIpc) is 3.30. The molecule has 2 aromatic carbocycles. The quantitative estimate of drug-likeness (QED) is 0.403. The molecule has 4 rings (SSSR count). The van der Waals surface area contributed by atoms with Crippen LogP contribution >= 0.6 is 11.3 Å². The molecule has 1 fully saturated rings. The maximum Gasteiger partial charge on any atom is 0.261 e. The zero-order chi connectivity index (χ0) is 24.8. The van der Waals surface area contributed by atoms with Gasteiger partial charge in [0.15, 0.2) is 15.0 Å². The van der Waals surface area contributed by atoms with Crippen molar-refractivity contribution in [2.75, 3.05) is 56.7 Å². The summed E-state index contributed by atoms with van der Waals surface area (Å²) in [5, 5.41) is 0.546. The highest BCUT2D eigenvalue weighted by molar-refractivity contribution is 7.91. The Bertz CT molecular complexity index is 1270. The molecule has 10 heteroatoms. The number of sulfone groups is 1. The third-order valence-corrected chi connectivity index (χ3v) is 8.76. The van der Waals surface area contributed by atoms with E-state index in [1.807, 2.05) is 25.1 Å². The second-order valence-electron chi connectivity index (χ2n) is 8.22. The molecule has 0 N–H and O–H groups in total. The molecule has 1 aliphatic heterocycles. The van der Waals surface area contributed by atoms with E-state index in [1.54, 1.807) is 30.0 Å². The van der Waals surface area contributed by atoms with Gasteiger partial charge in [0.25, 0.3) is 5.91 Å². The topological polar surface area (TPSA) is 89.0 Å². The van der Waals surface area contributed by atoms with Crippen LogP contribution in [0.2, 0.25) is 0 Å². The van der Waals surface area contributed by atoms with Gasteiger partial charge >= 0.3 is 0 Å². The molecule has 0 aliphatic carbocycles. The van der Waals surface area contributed by atoms with Gasteiger partial charge in [0.1, 0.15) is 5.75 Å². The first-order valence-corrected chi connectivity index (χ1v) is 14.4. The third-order valence-electron chi connectivity index (χ3n) is 5.93. The fourth-order valence-corrected chi connectivity index (χ4v) is 6.15. The van der Waals surface area contributed by atoms with Crippen molar-refractivity contribution < 1.29 is 22.7 Å². The first-order valence-electron chi connectivity index (χ1n) is 11.9. The van der Waals surface area contributed by atoms with Crippen molar-refractivity contribution in [2.24, 2.45) is 0 Å². The smallest absolute Gasteiger partial charge is 0.261 e. The number of amides is 1. The Kier molecular flexibility index (Phi) is 8.38. The SMILES string of the molecule is CCOc1ccc2nc(N(CCCN3CCOCC3)C(=O)c3ccccc3S(=O)(=O)CC)sc2c1. The molecule has 2 heterocycles. The number of morpholine rings is 1. The van der Waals surface area contributed by atoms with Crippen molar-refractivity contribution in [1.29, 1.82) is 0 Å². The number of hydrogen-bond acceptors (Lipinski definition) is 8. The molecule has 1 saturated heterocycles. The molecular formula is C25H31N3O5S2. The number of rotatable bonds is 10. The maximum atomic E-state index is 13.8. The second-order valence-corrected chi connectivity index (χ2v) is 11.5. The number of hydrogen-bond donors (Lipinski definition) is 0. The summed E-state index contributed by atoms with van der Waals surface area (Å²) in [6.07, 6.45) is 0.731. The Labute approximate surface area is 210 Å². The average molecular weight is 518 g/mol. The molecule has 35 heavy (non-hydrogen) atoms. The minimum atomic E-state index is -3.57. The number of fused-ring (bicyclic) bond motifs is 1. The predicted molar refractivity (Wildman–Crippen MR) is 139 cm³/mol. The molecule has 1 amide bonds. The van der Waals surface area contributed by atoms with Gasteiger partial charge in [0, 0.05) is 26.2 Å². The van der Waals surface area contributed by atoms with Gasteiger partial charge in [-0.05, 0) is 43.7 Å². The number of carbonyl (C=O) groups is 1. The fraction of sp³-hybridized carbons (Fsp3) is 0.440. The number of anilines is 1. The van der Waals surface area contributed by atoms with Crippen molar-refractivity contribution in [3.8, 4) is 5.75 Å². The van der Waals surface area contributed by atoms with Crippen molar-refractivity contribution >= 4 is 42.4 Å². The van der Waals surface area contributed by atoms with Crippen LogP contribution in [0.5, 0.6) is 5.75 Å². The van der Waals surface area contributed by atoms with Gasteiger partial charge in [-0.1, -0.05) is 30.4 Å². The first-order chi connectivity index (χ1) is 16.9. The lowest BCUT2D eigenvalue weighted by atomic mass is 10.2. The van der Waals surface area contributed by atoms with E-state index in [9.17, 15) is 13.2 Å². The number of thiazole rings is 1. The molecule has 0 spiro atoms. The molecular weight excluding hydrogens is 486 g/mol. The summed E-state index contributed by atoms with van der Waals surface area (Å²) in [5.74, 6) is 0.318. The molecule has 3 aromatic rings. The molecule has 8 nitrogen and oxygen atoms in total. The van der Waals surface area contributed by atoms with E-state index in [1.165, 1.54) is 17.4 Å². The van der Waals surface area contributed by atoms with Gasteiger partial charge in [-0.15, -0.1) is 0 Å². The predicted octanol–water partition coefficient (Wildman–Crippen LogP) is 3.86. The second kappa shape index (κ2) is 11.5. The van der Waals surface area contributed by atoms with Crippen LogP contribution in [-0.2, 0) is 14.6 Å². The number of carbonyl (C=O) groups excluding carboxylic acids is 1. The van der Waals surface area contributed by atoms with Gasteiger partial charge in [-0.25, -0.2) is 13.4 Å². The molecule has 1 aliphatic rings. The highest BCUT2D eigenvalue weighted by atomic mass is 32.2. The van der Waals surface area contributed by atoms with E-state index in [0.717, 1.165) is 42.0 Å². The molecule has 1 aromatic heterocycles. The van der Waals surface area contributed by atoms with E-state index in [2.05, 4.69) is 4.90 Å². The molecule has 0 bridgehead atoms. The summed E-state index contributed by atoms with van der Waals surface area (Å²) in [6.45, 7) is 8.48. The van der Waals surface area contributed by atoms with E-state index in [0.29, 0.717) is 31.5 Å². The van der Waals surface area contributed by atoms with Crippen LogP contribution in [0.4, 0.5) is 5.13 Å². The fourth-order valence-electron chi connectivity index (χ4n) is 4.04. The van der Waals surface area contributed by atoms with Crippen LogP contribution in [0.25, 0.3) is 10.2 Å². The van der Waals surface area contributed by atoms with Crippen LogP contribution in [0, 0.1) is 0 Å². The standard InChI is InChI=1S/C25H31N3O5S2/c1-3-33-19-10-11-21-22(18-19)34-25(26-21)28(13-7-12-27-14-16-32-17-15-27)24(29)20-8-5-6-9-23(20)35(30,31)4-2/h5-6,8-11,18H,3-4,7,12-17H2,1-2H3. The first kappa shape index (κ1) is 25.6. The summed E-state index contributed by atoms with van der Waals surface area (Å²) >= 11 is 1.40. The maximum absolute atomic E-state index is 13.8. The lowest BCUT2D eigenvalue weighted by Crippen LogP contribution is -2.39. The Morgan fingerprint density at radius 3 is 2.69 bits per heavy atom. The van der Waals surface area contributed by atoms with E-state index in [4.69, 9.17) is 14.5 Å². The zero-order valence-corrected chi connectivity index (χ0v) is 21.7. The van der Waals surface area contributed by atoms with Crippen molar-refractivity contribution in [1.82, 2.24) is 9.88 Å². The Morgan fingerprint density at radius 1 is 1.17 bits per heavy atom. The van der Waals surface area contributed by atoms with Gasteiger partial charge in [-0.2, -0.15) is 0 Å². The van der Waals surface area contributed by atoms with Gasteiger partial charge in [0.05, 0.1) is 46.2 Å². The Hall–Kier alpha value is -2.53. The van der Waals surface area contributed by atoms with Crippen LogP contribution in [0.15, 0.2) is 47.4 Å². The summed E-state index contributed by atoms with van der Waals surface area (Å²) in [6, 6.07) is 12.1. The van der Waals surface area contributed by atoms with E-state index >= 15 is 0 Å². The molecule has 0 atom stereocenters. The van der Waals surface area contributed by atoms with Crippen LogP contribution in [0.3, 0.4) is 0 Å². The van der Waals surface area contributed by atoms with E-state index < -0.39 is 9.84 Å². The minimum absolute atomic E-state index is 0.0606. The number of ether oxygens (including phenoxy) is 2. The number of aromatic nitrogens is 1. The lowest BCUT2D eigenvalue weighted by molar-refractivity contribution is 0.0376. The Morgan fingerprint density at radius 2 is 1.94 bits per heavy atom. The zero-order valence-electron chi connectivity index (χ0n) is 20.1. The number of nitrogens with zero attached hydrogens (tertiary/aromatic N) is 3.